The van der Waals surface area contributed by atoms with Crippen molar-refractivity contribution >= 4 is 5.91 Å². The molecule has 6 nitrogen and oxygen atoms in total. The lowest BCUT2D eigenvalue weighted by atomic mass is 9.98. The van der Waals surface area contributed by atoms with Crippen molar-refractivity contribution in [1.29, 1.82) is 0 Å². The van der Waals surface area contributed by atoms with Gasteiger partial charge in [-0.1, -0.05) is 0 Å². The monoisotopic (exact) mass is 369 g/mol. The van der Waals surface area contributed by atoms with Crippen LogP contribution in [0.15, 0.2) is 30.3 Å². The van der Waals surface area contributed by atoms with E-state index in [4.69, 9.17) is 18.9 Å². The summed E-state index contributed by atoms with van der Waals surface area (Å²) in [6.07, 6.45) is 0.790. The second-order valence-electron chi connectivity index (χ2n) is 6.48. The molecule has 0 fully saturated rings. The number of hydrogen-bond acceptors (Lipinski definition) is 5. The normalized spacial score (nSPS) is 14.7. The van der Waals surface area contributed by atoms with Crippen LogP contribution in [0, 0.1) is 0 Å². The van der Waals surface area contributed by atoms with Crippen LogP contribution in [0.4, 0.5) is 0 Å². The van der Waals surface area contributed by atoms with Gasteiger partial charge in [-0.05, 0) is 61.7 Å². The van der Waals surface area contributed by atoms with Gasteiger partial charge in [0.05, 0.1) is 13.2 Å². The second kappa shape index (κ2) is 7.39. The highest BCUT2D eigenvalue weighted by Crippen LogP contribution is 2.35. The Hall–Kier alpha value is -2.89. The number of nitrogens with zero attached hydrogens (tertiary/aromatic N) is 1. The summed E-state index contributed by atoms with van der Waals surface area (Å²) in [5.74, 6) is 2.80. The molecule has 0 unspecified atom stereocenters. The highest BCUT2D eigenvalue weighted by Gasteiger charge is 2.25. The molecule has 2 aliphatic heterocycles. The molecule has 0 N–H and O–H groups in total. The predicted octanol–water partition coefficient (Wildman–Crippen LogP) is 3.41. The van der Waals surface area contributed by atoms with Crippen LogP contribution in [0.3, 0.4) is 0 Å². The topological polar surface area (TPSA) is 57.2 Å². The molecule has 0 bridgehead atoms. The molecule has 1 amide bonds. The molecule has 2 aromatic rings. The number of carbonyl (C=O) groups excluding carboxylic acids is 1. The van der Waals surface area contributed by atoms with Crippen LogP contribution in [0.5, 0.6) is 23.0 Å². The van der Waals surface area contributed by atoms with E-state index in [1.807, 2.05) is 30.9 Å². The van der Waals surface area contributed by atoms with Gasteiger partial charge in [0.15, 0.2) is 23.0 Å². The first-order valence-electron chi connectivity index (χ1n) is 9.30. The van der Waals surface area contributed by atoms with E-state index in [-0.39, 0.29) is 12.7 Å². The van der Waals surface area contributed by atoms with Gasteiger partial charge in [0.25, 0.3) is 5.91 Å². The summed E-state index contributed by atoms with van der Waals surface area (Å²) in [4.78, 5) is 14.8. The van der Waals surface area contributed by atoms with Gasteiger partial charge >= 0.3 is 0 Å². The molecule has 0 aliphatic carbocycles. The number of fused-ring (bicyclic) bond motifs is 2. The van der Waals surface area contributed by atoms with Crippen LogP contribution in [0.25, 0.3) is 0 Å². The Morgan fingerprint density at radius 1 is 1.00 bits per heavy atom. The number of amides is 1. The van der Waals surface area contributed by atoms with Crippen LogP contribution < -0.4 is 18.9 Å². The maximum Gasteiger partial charge on any atom is 0.254 e. The zero-order chi connectivity index (χ0) is 18.8. The zero-order valence-corrected chi connectivity index (χ0v) is 15.6. The first-order valence-corrected chi connectivity index (χ1v) is 9.30. The first kappa shape index (κ1) is 17.5. The Morgan fingerprint density at radius 2 is 1.70 bits per heavy atom. The van der Waals surface area contributed by atoms with E-state index in [9.17, 15) is 4.79 Å². The highest BCUT2D eigenvalue weighted by atomic mass is 16.7. The summed E-state index contributed by atoms with van der Waals surface area (Å²) in [6.45, 7) is 6.49. The van der Waals surface area contributed by atoms with Crippen molar-refractivity contribution in [2.75, 3.05) is 26.6 Å². The van der Waals surface area contributed by atoms with Gasteiger partial charge in [-0.2, -0.15) is 0 Å². The van der Waals surface area contributed by atoms with Gasteiger partial charge in [-0.15, -0.1) is 0 Å². The number of rotatable bonds is 5. The third-order valence-corrected chi connectivity index (χ3v) is 4.78. The van der Waals surface area contributed by atoms with E-state index in [1.165, 1.54) is 5.56 Å². The number of hydrogen-bond donors (Lipinski definition) is 0. The molecule has 0 aromatic heterocycles. The van der Waals surface area contributed by atoms with Crippen molar-refractivity contribution in [1.82, 2.24) is 4.90 Å². The standard InChI is InChI=1S/C21H23NO5/c1-3-24-19-9-14-7-8-22(12-16(14)11-20(19)25-4-2)21(23)15-5-6-17-18(10-15)27-13-26-17/h5-6,9-11H,3-4,7-8,12-13H2,1-2H3. The largest absolute Gasteiger partial charge is 0.490 e. The molecule has 0 saturated heterocycles. The third kappa shape index (κ3) is 3.39. The molecule has 6 heteroatoms. The molecule has 4 rings (SSSR count). The molecule has 2 heterocycles. The van der Waals surface area contributed by atoms with Crippen molar-refractivity contribution < 1.29 is 23.7 Å². The quantitative estimate of drug-likeness (QED) is 0.808. The minimum absolute atomic E-state index is 0.00852. The smallest absolute Gasteiger partial charge is 0.254 e. The van der Waals surface area contributed by atoms with Crippen molar-refractivity contribution in [3.05, 3.63) is 47.0 Å². The summed E-state index contributed by atoms with van der Waals surface area (Å²) >= 11 is 0. The Morgan fingerprint density at radius 3 is 2.44 bits per heavy atom. The lowest BCUT2D eigenvalue weighted by Gasteiger charge is -2.30. The average molecular weight is 369 g/mol. The minimum Gasteiger partial charge on any atom is -0.490 e. The van der Waals surface area contributed by atoms with Crippen molar-refractivity contribution in [2.45, 2.75) is 26.8 Å². The van der Waals surface area contributed by atoms with Crippen LogP contribution in [-0.4, -0.2) is 37.4 Å². The first-order chi connectivity index (χ1) is 13.2. The van der Waals surface area contributed by atoms with E-state index >= 15 is 0 Å². The Kier molecular flexibility index (Phi) is 4.79. The highest BCUT2D eigenvalue weighted by molar-refractivity contribution is 5.95. The van der Waals surface area contributed by atoms with Crippen LogP contribution in [0.1, 0.15) is 35.3 Å². The fourth-order valence-electron chi connectivity index (χ4n) is 3.49. The van der Waals surface area contributed by atoms with E-state index in [0.717, 1.165) is 23.5 Å². The second-order valence-corrected chi connectivity index (χ2v) is 6.48. The van der Waals surface area contributed by atoms with Gasteiger partial charge in [0.2, 0.25) is 6.79 Å². The molecule has 2 aromatic carbocycles. The lowest BCUT2D eigenvalue weighted by Crippen LogP contribution is -2.36. The molecule has 27 heavy (non-hydrogen) atoms. The van der Waals surface area contributed by atoms with E-state index in [0.29, 0.717) is 43.4 Å². The predicted molar refractivity (Wildman–Crippen MR) is 99.8 cm³/mol. The Bertz CT molecular complexity index is 864. The molecular formula is C21H23NO5. The number of ether oxygens (including phenoxy) is 4. The zero-order valence-electron chi connectivity index (χ0n) is 15.6. The maximum absolute atomic E-state index is 13.0. The van der Waals surface area contributed by atoms with Gasteiger partial charge in [-0.25, -0.2) is 0 Å². The molecule has 0 spiro atoms. The lowest BCUT2D eigenvalue weighted by molar-refractivity contribution is 0.0734. The maximum atomic E-state index is 13.0. The van der Waals surface area contributed by atoms with Gasteiger partial charge in [0.1, 0.15) is 0 Å². The third-order valence-electron chi connectivity index (χ3n) is 4.78. The number of carbonyl (C=O) groups is 1. The Labute approximate surface area is 158 Å². The van der Waals surface area contributed by atoms with Crippen LogP contribution in [-0.2, 0) is 13.0 Å². The van der Waals surface area contributed by atoms with Crippen molar-refractivity contribution in [3.63, 3.8) is 0 Å². The summed E-state index contributed by atoms with van der Waals surface area (Å²) in [5.41, 5.74) is 2.91. The molecule has 0 atom stereocenters. The van der Waals surface area contributed by atoms with Crippen LogP contribution in [0.2, 0.25) is 0 Å². The summed E-state index contributed by atoms with van der Waals surface area (Å²) in [5, 5.41) is 0. The fraction of sp³-hybridized carbons (Fsp3) is 0.381. The van der Waals surface area contributed by atoms with Crippen molar-refractivity contribution in [2.24, 2.45) is 0 Å². The van der Waals surface area contributed by atoms with Gasteiger partial charge in [0, 0.05) is 18.7 Å². The summed E-state index contributed by atoms with van der Waals surface area (Å²) in [7, 11) is 0. The average Bonchev–Trinajstić information content (AvgIpc) is 3.15. The fourth-order valence-corrected chi connectivity index (χ4v) is 3.49. The van der Waals surface area contributed by atoms with E-state index in [1.54, 1.807) is 18.2 Å². The molecule has 142 valence electrons. The SMILES string of the molecule is CCOc1cc2c(cc1OCC)CN(C(=O)c1ccc3c(c1)OCO3)CC2. The van der Waals surface area contributed by atoms with Crippen LogP contribution >= 0.6 is 0 Å². The summed E-state index contributed by atoms with van der Waals surface area (Å²) < 4.78 is 22.1. The molecule has 2 aliphatic rings. The number of benzene rings is 2. The van der Waals surface area contributed by atoms with E-state index in [2.05, 4.69) is 0 Å². The van der Waals surface area contributed by atoms with E-state index < -0.39 is 0 Å². The molecule has 0 radical (unpaired) electrons. The Balaban J connectivity index is 1.57. The molecule has 0 saturated carbocycles. The molecular weight excluding hydrogens is 346 g/mol. The van der Waals surface area contributed by atoms with Gasteiger partial charge in [-0.3, -0.25) is 4.79 Å². The van der Waals surface area contributed by atoms with Gasteiger partial charge < -0.3 is 23.8 Å². The summed E-state index contributed by atoms with van der Waals surface area (Å²) in [6, 6.07) is 9.38. The van der Waals surface area contributed by atoms with Crippen molar-refractivity contribution in [3.8, 4) is 23.0 Å². The minimum atomic E-state index is -0.00852.